The number of carbonyl (C=O) groups excluding carboxylic acids is 1. The quantitative estimate of drug-likeness (QED) is 0.0763. The lowest BCUT2D eigenvalue weighted by molar-refractivity contribution is -0.384. The number of nitrogens with one attached hydrogen (secondary N) is 3. The van der Waals surface area contributed by atoms with Gasteiger partial charge in [-0.05, 0) is 85.2 Å². The standard InChI is InChI=1S/C45H49ClFN7O8S/c1-28-25-52(26-31-22-45(2,3)12-10-37(31)29-4-6-32(46)7-5-29)14-15-53(28)33-8-9-38(41(19-33)62-34-18-30-11-13-48-43(30)50-23-34)44(55)51-63(58,59)36-20-39(47)42(40(21-36)54(56)57)49-24-35-27-60-16-17-61-35/h4-9,11,13,18-21,23,28,35,49H,10,12,14-17,22,24-27H2,1-3H3,(H,48,50)(H,51,55)/t28-,35+/m1/s1. The molecule has 332 valence electrons. The van der Waals surface area contributed by atoms with Gasteiger partial charge in [-0.2, -0.15) is 0 Å². The summed E-state index contributed by atoms with van der Waals surface area (Å²) in [5, 5.41) is 16.2. The van der Waals surface area contributed by atoms with Crippen LogP contribution in [0.2, 0.25) is 5.02 Å². The molecule has 3 N–H and O–H groups in total. The van der Waals surface area contributed by atoms with Gasteiger partial charge in [0.1, 0.15) is 22.8 Å². The average Bonchev–Trinajstić information content (AvgIpc) is 3.72. The Morgan fingerprint density at radius 3 is 2.67 bits per heavy atom. The lowest BCUT2D eigenvalue weighted by Gasteiger charge is -2.43. The minimum Gasteiger partial charge on any atom is -0.455 e. The molecule has 15 nitrogen and oxygen atoms in total. The summed E-state index contributed by atoms with van der Waals surface area (Å²) in [5.74, 6) is -1.96. The predicted molar refractivity (Wildman–Crippen MR) is 239 cm³/mol. The second kappa shape index (κ2) is 18.3. The van der Waals surface area contributed by atoms with E-state index < -0.39 is 49.0 Å². The number of benzene rings is 3. The van der Waals surface area contributed by atoms with Crippen molar-refractivity contribution in [1.29, 1.82) is 0 Å². The van der Waals surface area contributed by atoms with E-state index in [-0.39, 0.29) is 35.9 Å². The molecule has 3 aromatic carbocycles. The summed E-state index contributed by atoms with van der Waals surface area (Å²) in [6.45, 7) is 10.7. The number of carbonyl (C=O) groups is 1. The Hall–Kier alpha value is -5.59. The zero-order chi connectivity index (χ0) is 44.5. The molecule has 2 aromatic heterocycles. The molecule has 1 amide bonds. The van der Waals surface area contributed by atoms with E-state index in [4.69, 9.17) is 25.8 Å². The van der Waals surface area contributed by atoms with Crippen molar-refractivity contribution in [1.82, 2.24) is 19.6 Å². The summed E-state index contributed by atoms with van der Waals surface area (Å²) in [4.78, 5) is 36.4. The number of nitro benzene ring substituents is 1. The van der Waals surface area contributed by atoms with Crippen LogP contribution in [0.4, 0.5) is 21.5 Å². The summed E-state index contributed by atoms with van der Waals surface area (Å²) >= 11 is 6.23. The van der Waals surface area contributed by atoms with Gasteiger partial charge in [0.25, 0.3) is 21.6 Å². The molecule has 2 atom stereocenters. The zero-order valence-corrected chi connectivity index (χ0v) is 36.7. The van der Waals surface area contributed by atoms with Crippen LogP contribution in [0, 0.1) is 21.3 Å². The molecule has 63 heavy (non-hydrogen) atoms. The first-order valence-electron chi connectivity index (χ1n) is 20.8. The highest BCUT2D eigenvalue weighted by Crippen LogP contribution is 2.43. The number of sulfonamides is 1. The fourth-order valence-corrected chi connectivity index (χ4v) is 9.73. The van der Waals surface area contributed by atoms with Gasteiger partial charge in [-0.1, -0.05) is 43.2 Å². The lowest BCUT2D eigenvalue weighted by Crippen LogP contribution is -2.52. The van der Waals surface area contributed by atoms with E-state index in [1.54, 1.807) is 24.4 Å². The molecule has 2 saturated heterocycles. The number of hydrogen-bond donors (Lipinski definition) is 3. The lowest BCUT2D eigenvalue weighted by atomic mass is 9.72. The van der Waals surface area contributed by atoms with E-state index in [1.165, 1.54) is 29.0 Å². The number of aromatic nitrogens is 2. The number of anilines is 2. The molecule has 1 aliphatic carbocycles. The maximum absolute atomic E-state index is 15.5. The van der Waals surface area contributed by atoms with Crippen LogP contribution in [0.5, 0.6) is 11.5 Å². The number of allylic oxidation sites excluding steroid dienone is 1. The minimum atomic E-state index is -4.85. The first-order chi connectivity index (χ1) is 30.1. The van der Waals surface area contributed by atoms with Crippen molar-refractivity contribution < 1.29 is 36.7 Å². The van der Waals surface area contributed by atoms with E-state index in [9.17, 15) is 23.3 Å². The molecule has 0 bridgehead atoms. The highest BCUT2D eigenvalue weighted by molar-refractivity contribution is 7.90. The number of nitrogens with zero attached hydrogens (tertiary/aromatic N) is 4. The Labute approximate surface area is 369 Å². The van der Waals surface area contributed by atoms with Crippen LogP contribution in [0.3, 0.4) is 0 Å². The number of H-pyrrole nitrogens is 1. The molecular weight excluding hydrogens is 853 g/mol. The van der Waals surface area contributed by atoms with E-state index in [0.29, 0.717) is 48.3 Å². The van der Waals surface area contributed by atoms with E-state index in [1.807, 2.05) is 22.9 Å². The third-order valence-electron chi connectivity index (χ3n) is 11.8. The fourth-order valence-electron chi connectivity index (χ4n) is 8.61. The largest absolute Gasteiger partial charge is 0.455 e. The average molecular weight is 902 g/mol. The molecule has 2 aliphatic heterocycles. The summed E-state index contributed by atoms with van der Waals surface area (Å²) in [7, 11) is -4.85. The van der Waals surface area contributed by atoms with Gasteiger partial charge < -0.3 is 29.4 Å². The van der Waals surface area contributed by atoms with Gasteiger partial charge in [0.15, 0.2) is 5.82 Å². The van der Waals surface area contributed by atoms with E-state index in [2.05, 4.69) is 58.0 Å². The molecule has 0 radical (unpaired) electrons. The van der Waals surface area contributed by atoms with Gasteiger partial charge in [-0.3, -0.25) is 19.8 Å². The van der Waals surface area contributed by atoms with Gasteiger partial charge in [-0.15, -0.1) is 0 Å². The topological polar surface area (TPSA) is 181 Å². The Morgan fingerprint density at radius 2 is 1.92 bits per heavy atom. The Balaban J connectivity index is 1.03. The molecule has 5 aromatic rings. The molecule has 0 spiro atoms. The summed E-state index contributed by atoms with van der Waals surface area (Å²) in [6, 6.07) is 17.9. The SMILES string of the molecule is C[C@@H]1CN(CC2=C(c3ccc(Cl)cc3)CCC(C)(C)C2)CCN1c1ccc(C(=O)NS(=O)(=O)c2cc(F)c(NC[C@H]3COCCO3)c([N+](=O)[O-])c2)c(Oc2cnc3[nH]ccc3c2)c1. The van der Waals surface area contributed by atoms with Crippen molar-refractivity contribution in [3.63, 3.8) is 0 Å². The molecular formula is C45H49ClFN7O8S. The van der Waals surface area contributed by atoms with E-state index in [0.717, 1.165) is 50.0 Å². The smallest absolute Gasteiger partial charge is 0.296 e. The van der Waals surface area contributed by atoms with Crippen molar-refractivity contribution in [3.05, 3.63) is 117 Å². The van der Waals surface area contributed by atoms with Gasteiger partial charge in [0.05, 0.1) is 47.5 Å². The van der Waals surface area contributed by atoms with Gasteiger partial charge in [0, 0.05) is 73.2 Å². The van der Waals surface area contributed by atoms with Gasteiger partial charge in [-0.25, -0.2) is 22.5 Å². The molecule has 2 fully saturated rings. The van der Waals surface area contributed by atoms with Crippen molar-refractivity contribution in [2.45, 2.75) is 57.1 Å². The monoisotopic (exact) mass is 901 g/mol. The number of hydrogen-bond acceptors (Lipinski definition) is 12. The molecule has 3 aliphatic rings. The van der Waals surface area contributed by atoms with Crippen LogP contribution in [0.25, 0.3) is 16.6 Å². The number of aromatic amines is 1. The molecule has 8 rings (SSSR count). The van der Waals surface area contributed by atoms with Crippen molar-refractivity contribution in [3.8, 4) is 11.5 Å². The molecule has 4 heterocycles. The highest BCUT2D eigenvalue weighted by atomic mass is 35.5. The Bertz CT molecular complexity index is 2670. The number of halogens is 2. The second-order valence-electron chi connectivity index (χ2n) is 17.0. The summed E-state index contributed by atoms with van der Waals surface area (Å²) in [6.07, 6.45) is 5.83. The van der Waals surface area contributed by atoms with Gasteiger partial charge >= 0.3 is 0 Å². The number of ether oxygens (including phenoxy) is 3. The minimum absolute atomic E-state index is 0.0247. The van der Waals surface area contributed by atoms with Crippen LogP contribution in [0.1, 0.15) is 56.0 Å². The molecule has 0 unspecified atom stereocenters. The predicted octanol–water partition coefficient (Wildman–Crippen LogP) is 8.18. The third kappa shape index (κ3) is 10.1. The number of pyridine rings is 1. The molecule has 18 heteroatoms. The number of rotatable bonds is 13. The zero-order valence-electron chi connectivity index (χ0n) is 35.2. The van der Waals surface area contributed by atoms with Crippen LogP contribution >= 0.6 is 11.6 Å². The van der Waals surface area contributed by atoms with Crippen LogP contribution < -0.4 is 19.7 Å². The van der Waals surface area contributed by atoms with Crippen LogP contribution in [-0.4, -0.2) is 98.8 Å². The van der Waals surface area contributed by atoms with Crippen LogP contribution in [-0.2, 0) is 19.5 Å². The highest BCUT2D eigenvalue weighted by Gasteiger charge is 2.33. The number of amides is 1. The normalized spacial score (nSPS) is 19.5. The van der Waals surface area contributed by atoms with Crippen LogP contribution in [0.15, 0.2) is 89.6 Å². The summed E-state index contributed by atoms with van der Waals surface area (Å²) in [5.41, 5.74) is 4.10. The number of piperazine rings is 1. The molecule has 0 saturated carbocycles. The second-order valence-corrected chi connectivity index (χ2v) is 19.1. The van der Waals surface area contributed by atoms with Crippen molar-refractivity contribution in [2.24, 2.45) is 5.41 Å². The first-order valence-corrected chi connectivity index (χ1v) is 22.7. The Morgan fingerprint density at radius 1 is 1.11 bits per heavy atom. The maximum Gasteiger partial charge on any atom is 0.296 e. The maximum atomic E-state index is 15.5. The third-order valence-corrected chi connectivity index (χ3v) is 13.4. The summed E-state index contributed by atoms with van der Waals surface area (Å²) < 4.78 is 61.9. The number of nitro groups is 1. The Kier molecular flexibility index (Phi) is 12.8. The van der Waals surface area contributed by atoms with Crippen molar-refractivity contribution in [2.75, 3.05) is 62.8 Å². The van der Waals surface area contributed by atoms with E-state index >= 15 is 4.39 Å². The number of fused-ring (bicyclic) bond motifs is 1. The van der Waals surface area contributed by atoms with Crippen molar-refractivity contribution >= 4 is 61.2 Å². The first kappa shape index (κ1) is 44.0. The fraction of sp³-hybridized carbons (Fsp3) is 0.378. The van der Waals surface area contributed by atoms with Gasteiger partial charge in [0.2, 0.25) is 0 Å².